The normalized spacial score (nSPS) is 12.7. The van der Waals surface area contributed by atoms with Crippen molar-refractivity contribution >= 4 is 49.7 Å². The highest BCUT2D eigenvalue weighted by Crippen LogP contribution is 2.31. The fraction of sp³-hybridized carbons (Fsp3) is 0.250. The predicted octanol–water partition coefficient (Wildman–Crippen LogP) is 2.80. The molecule has 0 N–H and O–H groups in total. The van der Waals surface area contributed by atoms with Crippen molar-refractivity contribution in [2.45, 2.75) is 4.90 Å². The summed E-state index contributed by atoms with van der Waals surface area (Å²) in [4.78, 5) is 0.761. The summed E-state index contributed by atoms with van der Waals surface area (Å²) in [7, 11) is 1.60. The van der Waals surface area contributed by atoms with E-state index in [0.29, 0.717) is 0 Å². The van der Waals surface area contributed by atoms with Gasteiger partial charge in [0, 0.05) is 6.07 Å². The van der Waals surface area contributed by atoms with Gasteiger partial charge in [0.2, 0.25) is 0 Å². The first kappa shape index (κ1) is 11.6. The maximum atomic E-state index is 11.3. The highest BCUT2D eigenvalue weighted by atomic mass is 127. The van der Waals surface area contributed by atoms with Gasteiger partial charge in [-0.2, -0.15) is 0 Å². The molecule has 1 unspecified atom stereocenters. The first-order valence-electron chi connectivity index (χ1n) is 3.42. The number of hydrogen-bond donors (Lipinski definition) is 0. The Labute approximate surface area is 102 Å². The Kier molecular flexibility index (Phi) is 4.34. The molecule has 0 heterocycles. The van der Waals surface area contributed by atoms with Crippen LogP contribution in [0.3, 0.4) is 0 Å². The molecule has 72 valence electrons. The molecule has 5 heteroatoms. The smallest absolute Gasteiger partial charge is 0.170 e. The molecule has 0 radical (unpaired) electrons. The van der Waals surface area contributed by atoms with E-state index in [-0.39, 0.29) is 0 Å². The average Bonchev–Trinajstić information content (AvgIpc) is 2.03. The van der Waals surface area contributed by atoms with Crippen LogP contribution in [0.25, 0.3) is 0 Å². The monoisotopic (exact) mass is 374 g/mol. The summed E-state index contributed by atoms with van der Waals surface area (Å²) in [5.41, 5.74) is 0. The number of ether oxygens (including phenoxy) is 1. The van der Waals surface area contributed by atoms with E-state index < -0.39 is 11.2 Å². The van der Waals surface area contributed by atoms with Crippen LogP contribution in [0, 0.1) is 3.57 Å². The zero-order valence-corrected chi connectivity index (χ0v) is 11.7. The second kappa shape index (κ2) is 4.86. The third-order valence-electron chi connectivity index (χ3n) is 1.52. The highest BCUT2D eigenvalue weighted by Gasteiger charge is 2.13. The van der Waals surface area contributed by atoms with Crippen molar-refractivity contribution < 1.29 is 9.29 Å². The Morgan fingerprint density at radius 2 is 2.15 bits per heavy atom. The fourth-order valence-corrected chi connectivity index (χ4v) is 3.64. The zero-order valence-electron chi connectivity index (χ0n) is 7.14. The summed E-state index contributed by atoms with van der Waals surface area (Å²) in [6.07, 6.45) is 1.65. The summed E-state index contributed by atoms with van der Waals surface area (Å²) >= 11 is 4.54. The lowest BCUT2D eigenvalue weighted by Gasteiger charge is -2.09. The van der Waals surface area contributed by atoms with Crippen LogP contribution in [0.5, 0.6) is 5.75 Å². The molecule has 0 fully saturated rings. The van der Waals surface area contributed by atoms with Crippen LogP contribution < -0.4 is 4.74 Å². The summed E-state index contributed by atoms with van der Waals surface area (Å²) < 4.78 is 18.3. The second-order valence-electron chi connectivity index (χ2n) is 2.37. The van der Waals surface area contributed by atoms with Gasteiger partial charge >= 0.3 is 0 Å². The maximum absolute atomic E-state index is 11.3. The number of benzene rings is 1. The third-order valence-corrected chi connectivity index (χ3v) is 4.23. The number of rotatable bonds is 2. The molecular formula is C8H8BrIO2S. The van der Waals surface area contributed by atoms with Gasteiger partial charge < -0.3 is 9.29 Å². The summed E-state index contributed by atoms with van der Waals surface area (Å²) in [5.74, 6) is 0.758. The molecular weight excluding hydrogens is 367 g/mol. The van der Waals surface area contributed by atoms with Gasteiger partial charge in [0.05, 0.1) is 15.2 Å². The highest BCUT2D eigenvalue weighted by molar-refractivity contribution is 14.1. The van der Waals surface area contributed by atoms with Crippen LogP contribution in [0.4, 0.5) is 0 Å². The lowest BCUT2D eigenvalue weighted by molar-refractivity contribution is 0.410. The minimum absolute atomic E-state index is 0.758. The van der Waals surface area contributed by atoms with Crippen molar-refractivity contribution in [3.8, 4) is 5.75 Å². The van der Waals surface area contributed by atoms with E-state index >= 15 is 0 Å². The van der Waals surface area contributed by atoms with Gasteiger partial charge in [0.15, 0.2) is 4.90 Å². The minimum atomic E-state index is -0.991. The van der Waals surface area contributed by atoms with Crippen LogP contribution in [-0.4, -0.2) is 17.9 Å². The molecule has 0 amide bonds. The largest absolute Gasteiger partial charge is 0.612 e. The molecule has 0 aromatic heterocycles. The van der Waals surface area contributed by atoms with Crippen LogP contribution in [0.15, 0.2) is 21.5 Å². The Bertz CT molecular complexity index is 317. The first-order valence-corrected chi connectivity index (χ1v) is 6.85. The van der Waals surface area contributed by atoms with E-state index in [9.17, 15) is 4.55 Å². The van der Waals surface area contributed by atoms with Crippen molar-refractivity contribution in [2.75, 3.05) is 13.4 Å². The summed E-state index contributed by atoms with van der Waals surface area (Å²) in [6, 6.07) is 3.69. The molecule has 1 rings (SSSR count). The Morgan fingerprint density at radius 1 is 1.54 bits per heavy atom. The Balaban J connectivity index is 3.22. The summed E-state index contributed by atoms with van der Waals surface area (Å²) in [5, 5.41) is 0. The zero-order chi connectivity index (χ0) is 10.0. The van der Waals surface area contributed by atoms with E-state index in [1.54, 1.807) is 19.4 Å². The van der Waals surface area contributed by atoms with E-state index in [1.165, 1.54) is 0 Å². The lowest BCUT2D eigenvalue weighted by Crippen LogP contribution is -2.00. The fourth-order valence-electron chi connectivity index (χ4n) is 0.887. The van der Waals surface area contributed by atoms with Crippen molar-refractivity contribution in [1.29, 1.82) is 0 Å². The van der Waals surface area contributed by atoms with E-state index in [0.717, 1.165) is 18.7 Å². The van der Waals surface area contributed by atoms with Crippen molar-refractivity contribution in [1.82, 2.24) is 0 Å². The molecule has 1 aromatic rings. The maximum Gasteiger partial charge on any atom is 0.170 e. The SMILES string of the molecule is COc1cc([S+](C)[O-])c(Br)cc1I. The molecule has 0 saturated carbocycles. The molecule has 13 heavy (non-hydrogen) atoms. The molecule has 0 aliphatic rings. The van der Waals surface area contributed by atoms with Crippen molar-refractivity contribution in [3.63, 3.8) is 0 Å². The molecule has 0 bridgehead atoms. The van der Waals surface area contributed by atoms with Crippen LogP contribution in [-0.2, 0) is 11.2 Å². The molecule has 1 atom stereocenters. The molecule has 0 spiro atoms. The first-order chi connectivity index (χ1) is 6.06. The van der Waals surface area contributed by atoms with E-state index in [4.69, 9.17) is 4.74 Å². The van der Waals surface area contributed by atoms with E-state index in [1.807, 2.05) is 6.07 Å². The quantitative estimate of drug-likeness (QED) is 0.589. The standard InChI is InChI=1S/C8H8BrIO2S/c1-12-7-4-8(13(2)11)5(9)3-6(7)10/h3-4H,1-2H3. The van der Waals surface area contributed by atoms with E-state index in [2.05, 4.69) is 38.5 Å². The van der Waals surface area contributed by atoms with Gasteiger partial charge in [-0.05, 0) is 55.8 Å². The van der Waals surface area contributed by atoms with Crippen molar-refractivity contribution in [2.24, 2.45) is 0 Å². The topological polar surface area (TPSA) is 32.3 Å². The van der Waals surface area contributed by atoms with Gasteiger partial charge in [0.25, 0.3) is 0 Å². The van der Waals surface area contributed by atoms with Crippen LogP contribution >= 0.6 is 38.5 Å². The van der Waals surface area contributed by atoms with Gasteiger partial charge in [-0.3, -0.25) is 0 Å². The van der Waals surface area contributed by atoms with Gasteiger partial charge in [-0.25, -0.2) is 0 Å². The van der Waals surface area contributed by atoms with Gasteiger partial charge in [-0.15, -0.1) is 0 Å². The Morgan fingerprint density at radius 3 is 2.62 bits per heavy atom. The second-order valence-corrected chi connectivity index (χ2v) is 5.74. The van der Waals surface area contributed by atoms with Crippen molar-refractivity contribution in [3.05, 3.63) is 20.2 Å². The Hall–Kier alpha value is 0.540. The molecule has 0 aliphatic heterocycles. The lowest BCUT2D eigenvalue weighted by atomic mass is 10.3. The predicted molar refractivity (Wildman–Crippen MR) is 65.7 cm³/mol. The third kappa shape index (κ3) is 2.74. The molecule has 2 nitrogen and oxygen atoms in total. The summed E-state index contributed by atoms with van der Waals surface area (Å²) in [6.45, 7) is 0. The molecule has 1 aromatic carbocycles. The van der Waals surface area contributed by atoms with Gasteiger partial charge in [0.1, 0.15) is 12.0 Å². The number of halogens is 2. The molecule has 0 aliphatic carbocycles. The number of methoxy groups -OCH3 is 1. The minimum Gasteiger partial charge on any atom is -0.612 e. The van der Waals surface area contributed by atoms with Crippen LogP contribution in [0.2, 0.25) is 0 Å². The average molecular weight is 375 g/mol. The number of hydrogen-bond acceptors (Lipinski definition) is 2. The van der Waals surface area contributed by atoms with Crippen LogP contribution in [0.1, 0.15) is 0 Å². The molecule has 0 saturated heterocycles. The van der Waals surface area contributed by atoms with Gasteiger partial charge in [-0.1, -0.05) is 0 Å².